The van der Waals surface area contributed by atoms with Crippen molar-refractivity contribution in [2.75, 3.05) is 6.54 Å². The molecule has 15 heteroatoms. The summed E-state index contributed by atoms with van der Waals surface area (Å²) in [4.78, 5) is 19.2. The van der Waals surface area contributed by atoms with E-state index in [9.17, 15) is 43.9 Å². The number of aromatic nitrogens is 2. The van der Waals surface area contributed by atoms with Crippen LogP contribution in [0.3, 0.4) is 0 Å². The average molecular weight is 662 g/mol. The van der Waals surface area contributed by atoms with Crippen LogP contribution in [0.15, 0.2) is 53.8 Å². The minimum Gasteiger partial charge on any atom is -0.337 e. The van der Waals surface area contributed by atoms with Crippen LogP contribution in [-0.2, 0) is 44.4 Å². The lowest BCUT2D eigenvalue weighted by Crippen LogP contribution is -2.54. The first-order chi connectivity index (χ1) is 20.9. The molecule has 2 aromatic carbocycles. The van der Waals surface area contributed by atoms with Crippen molar-refractivity contribution in [3.8, 4) is 0 Å². The van der Waals surface area contributed by atoms with E-state index in [2.05, 4.69) is 4.98 Å². The molecule has 6 nitrogen and oxygen atoms in total. The molecule has 0 spiro atoms. The summed E-state index contributed by atoms with van der Waals surface area (Å²) in [6.45, 7) is 1.59. The lowest BCUT2D eigenvalue weighted by molar-refractivity contribution is -0.348. The number of carbonyl (C=O) groups excluding carboxylic acids is 1. The van der Waals surface area contributed by atoms with Crippen molar-refractivity contribution in [2.24, 2.45) is 5.92 Å². The van der Waals surface area contributed by atoms with Gasteiger partial charge in [0.25, 0.3) is 0 Å². The Morgan fingerprint density at radius 1 is 0.978 bits per heavy atom. The Morgan fingerprint density at radius 3 is 2.36 bits per heavy atom. The van der Waals surface area contributed by atoms with Gasteiger partial charge >= 0.3 is 18.0 Å². The molecule has 1 amide bonds. The second kappa shape index (κ2) is 10.3. The van der Waals surface area contributed by atoms with Crippen molar-refractivity contribution in [1.29, 1.82) is 0 Å². The predicted octanol–water partition coefficient (Wildman–Crippen LogP) is 6.10. The Morgan fingerprint density at radius 2 is 1.69 bits per heavy atom. The molecule has 3 aromatic rings. The fourth-order valence-electron chi connectivity index (χ4n) is 7.30. The zero-order chi connectivity index (χ0) is 32.7. The van der Waals surface area contributed by atoms with Crippen LogP contribution in [0, 0.1) is 18.7 Å². The van der Waals surface area contributed by atoms with Crippen molar-refractivity contribution >= 4 is 15.7 Å². The Labute approximate surface area is 253 Å². The molecule has 1 aliphatic carbocycles. The molecular weight excluding hydrogens is 634 g/mol. The molecular formula is C30H27F8N3O3S. The summed E-state index contributed by atoms with van der Waals surface area (Å²) in [5.41, 5.74) is -6.78. The van der Waals surface area contributed by atoms with Crippen LogP contribution in [0.25, 0.3) is 0 Å². The highest BCUT2D eigenvalue weighted by Crippen LogP contribution is 2.57. The first-order valence-electron chi connectivity index (χ1n) is 14.2. The normalized spacial score (nSPS) is 23.8. The summed E-state index contributed by atoms with van der Waals surface area (Å²) in [5, 5.41) is 0. The monoisotopic (exact) mass is 661 g/mol. The number of nitrogens with zero attached hydrogens (tertiary/aromatic N) is 3. The van der Waals surface area contributed by atoms with Gasteiger partial charge in [0, 0.05) is 30.5 Å². The SMILES string of the molecule is Cc1cc(S(=O)(=O)C23CCN(C(=O)C4CCc5cncn5C4)C2CCc2cc(C(F)(C(F)(F)F)C(F)(F)F)ccc23)ccc1F. The zero-order valence-corrected chi connectivity index (χ0v) is 24.5. The van der Waals surface area contributed by atoms with E-state index in [1.54, 1.807) is 12.5 Å². The highest BCUT2D eigenvalue weighted by atomic mass is 32.2. The second-order valence-corrected chi connectivity index (χ2v) is 14.1. The Balaban J connectivity index is 1.49. The third kappa shape index (κ3) is 4.50. The highest BCUT2D eigenvalue weighted by Gasteiger charge is 2.74. The number of aryl methyl sites for hydroxylation is 3. The number of hydrogen-bond donors (Lipinski definition) is 0. The van der Waals surface area contributed by atoms with E-state index in [0.717, 1.165) is 30.0 Å². The van der Waals surface area contributed by atoms with E-state index in [-0.39, 0.29) is 53.3 Å². The van der Waals surface area contributed by atoms with Crippen LogP contribution < -0.4 is 0 Å². The van der Waals surface area contributed by atoms with E-state index in [1.165, 1.54) is 11.8 Å². The number of carbonyl (C=O) groups is 1. The van der Waals surface area contributed by atoms with E-state index in [0.29, 0.717) is 31.5 Å². The largest absolute Gasteiger partial charge is 0.435 e. The lowest BCUT2D eigenvalue weighted by Gasteiger charge is -2.43. The van der Waals surface area contributed by atoms with Crippen molar-refractivity contribution in [1.82, 2.24) is 14.5 Å². The van der Waals surface area contributed by atoms with Gasteiger partial charge in [-0.1, -0.05) is 18.2 Å². The molecule has 3 unspecified atom stereocenters. The highest BCUT2D eigenvalue weighted by molar-refractivity contribution is 7.92. The third-order valence-corrected chi connectivity index (χ3v) is 12.1. The molecule has 3 heterocycles. The number of hydrogen-bond acceptors (Lipinski definition) is 4. The maximum atomic E-state index is 15.0. The van der Waals surface area contributed by atoms with Crippen LogP contribution in [0.4, 0.5) is 35.1 Å². The first kappa shape index (κ1) is 31.5. The lowest BCUT2D eigenvalue weighted by atomic mass is 9.76. The molecule has 0 radical (unpaired) electrons. The van der Waals surface area contributed by atoms with Crippen LogP contribution in [0.5, 0.6) is 0 Å². The maximum absolute atomic E-state index is 15.0. The summed E-state index contributed by atoms with van der Waals surface area (Å²) < 4.78 is 140. The molecule has 1 fully saturated rings. The molecule has 3 aliphatic rings. The standard InChI is InChI=1S/C30H27F8N3O3S/c1-17-12-22(6-8-24(17)31)45(43,44)27-10-11-41(26(42)19-2-5-21-14-39-16-40(21)15-19)25(27)9-3-18-13-20(4-7-23(18)27)28(32,29(33,34)35)30(36,37)38/h4,6-8,12-14,16,19,25H,2-3,5,9-11,15H2,1H3. The van der Waals surface area contributed by atoms with Gasteiger partial charge < -0.3 is 9.47 Å². The summed E-state index contributed by atoms with van der Waals surface area (Å²) in [5.74, 6) is -1.54. The van der Waals surface area contributed by atoms with Gasteiger partial charge in [0.2, 0.25) is 5.91 Å². The Bertz CT molecular complexity index is 1770. The number of fused-ring (bicyclic) bond motifs is 4. The number of sulfone groups is 1. The van der Waals surface area contributed by atoms with Crippen LogP contribution in [0.1, 0.15) is 47.2 Å². The fourth-order valence-corrected chi connectivity index (χ4v) is 9.75. The molecule has 242 valence electrons. The molecule has 0 bridgehead atoms. The van der Waals surface area contributed by atoms with Crippen molar-refractivity contribution in [3.63, 3.8) is 0 Å². The average Bonchev–Trinajstić information content (AvgIpc) is 3.61. The smallest absolute Gasteiger partial charge is 0.337 e. The molecule has 1 aromatic heterocycles. The zero-order valence-electron chi connectivity index (χ0n) is 23.7. The second-order valence-electron chi connectivity index (χ2n) is 11.9. The number of amides is 1. The summed E-state index contributed by atoms with van der Waals surface area (Å²) in [6, 6.07) is 3.62. The Hall–Kier alpha value is -3.49. The fraction of sp³-hybridized carbons (Fsp3) is 0.467. The van der Waals surface area contributed by atoms with Crippen molar-refractivity contribution in [3.05, 3.63) is 82.7 Å². The summed E-state index contributed by atoms with van der Waals surface area (Å²) >= 11 is 0. The van der Waals surface area contributed by atoms with Crippen molar-refractivity contribution < 1.29 is 48.3 Å². The first-order valence-corrected chi connectivity index (χ1v) is 15.7. The Kier molecular flexibility index (Phi) is 7.18. The minimum absolute atomic E-state index is 0.00255. The van der Waals surface area contributed by atoms with Crippen LogP contribution in [-0.4, -0.2) is 53.7 Å². The minimum atomic E-state index is -6.35. The summed E-state index contributed by atoms with van der Waals surface area (Å²) in [6.07, 6.45) is -8.95. The van der Waals surface area contributed by atoms with E-state index in [4.69, 9.17) is 0 Å². The maximum Gasteiger partial charge on any atom is 0.435 e. The quantitative estimate of drug-likeness (QED) is 0.251. The van der Waals surface area contributed by atoms with Gasteiger partial charge in [-0.2, -0.15) is 26.3 Å². The number of halogens is 8. The van der Waals surface area contributed by atoms with E-state index in [1.807, 2.05) is 4.57 Å². The number of rotatable bonds is 4. The number of alkyl halides is 7. The number of imidazole rings is 1. The van der Waals surface area contributed by atoms with Gasteiger partial charge in [0.15, 0.2) is 9.84 Å². The number of likely N-dealkylation sites (tertiary alicyclic amines) is 1. The van der Waals surface area contributed by atoms with E-state index >= 15 is 4.39 Å². The van der Waals surface area contributed by atoms with Gasteiger partial charge in [-0.15, -0.1) is 0 Å². The van der Waals surface area contributed by atoms with Gasteiger partial charge in [-0.05, 0) is 73.9 Å². The predicted molar refractivity (Wildman–Crippen MR) is 144 cm³/mol. The third-order valence-electron chi connectivity index (χ3n) is 9.58. The summed E-state index contributed by atoms with van der Waals surface area (Å²) in [7, 11) is -4.57. The molecule has 0 saturated carbocycles. The molecule has 3 atom stereocenters. The molecule has 2 aliphatic heterocycles. The van der Waals surface area contributed by atoms with Crippen molar-refractivity contribution in [2.45, 2.75) is 79.3 Å². The number of benzene rings is 2. The molecule has 0 N–H and O–H groups in total. The van der Waals surface area contributed by atoms with Gasteiger partial charge in [0.05, 0.1) is 23.2 Å². The van der Waals surface area contributed by atoms with Crippen LogP contribution >= 0.6 is 0 Å². The topological polar surface area (TPSA) is 72.3 Å². The molecule has 45 heavy (non-hydrogen) atoms. The molecule has 6 rings (SSSR count). The van der Waals surface area contributed by atoms with Gasteiger partial charge in [0.1, 0.15) is 10.6 Å². The van der Waals surface area contributed by atoms with E-state index < -0.39 is 55.9 Å². The molecule has 1 saturated heterocycles. The van der Waals surface area contributed by atoms with Crippen LogP contribution in [0.2, 0.25) is 0 Å². The van der Waals surface area contributed by atoms with Gasteiger partial charge in [-0.3, -0.25) is 4.79 Å². The van der Waals surface area contributed by atoms with Gasteiger partial charge in [-0.25, -0.2) is 22.2 Å².